The van der Waals surface area contributed by atoms with Crippen molar-refractivity contribution in [2.24, 2.45) is 0 Å². The van der Waals surface area contributed by atoms with Crippen LogP contribution in [0.5, 0.6) is 0 Å². The molecule has 2 aromatic rings. The van der Waals surface area contributed by atoms with Crippen LogP contribution in [0.25, 0.3) is 5.57 Å². The van der Waals surface area contributed by atoms with Gasteiger partial charge in [0.25, 0.3) is 0 Å². The summed E-state index contributed by atoms with van der Waals surface area (Å²) in [7, 11) is 4.42. The molecule has 2 heterocycles. The molecule has 1 aromatic carbocycles. The van der Waals surface area contributed by atoms with E-state index in [4.69, 9.17) is 0 Å². The first-order valence-corrected chi connectivity index (χ1v) is 9.74. The second kappa shape index (κ2) is 6.69. The Morgan fingerprint density at radius 2 is 2.05 bits per heavy atom. The van der Waals surface area contributed by atoms with Gasteiger partial charge in [0.2, 0.25) is 0 Å². The van der Waals surface area contributed by atoms with E-state index in [1.54, 1.807) is 0 Å². The lowest BCUT2D eigenvalue weighted by atomic mass is 9.95. The van der Waals surface area contributed by atoms with Crippen LogP contribution in [0.2, 0.25) is 0 Å². The SMILES string of the molecule is C[NH+](C)CCC=C1c2ccccc2CSc2sc(Br)cc21. The molecule has 110 valence electrons. The molecule has 1 nitrogen and oxygen atoms in total. The van der Waals surface area contributed by atoms with Crippen molar-refractivity contribution in [3.8, 4) is 0 Å². The number of rotatable bonds is 3. The summed E-state index contributed by atoms with van der Waals surface area (Å²) in [6.07, 6.45) is 3.54. The Morgan fingerprint density at radius 1 is 1.24 bits per heavy atom. The standard InChI is InChI=1S/C17H18BrNS2/c1-19(2)9-5-8-14-13-7-4-3-6-12(13)11-20-17-15(14)10-16(18)21-17/h3-4,6-8,10H,5,9,11H2,1-2H3/p+1. The van der Waals surface area contributed by atoms with Gasteiger partial charge in [0.1, 0.15) is 0 Å². The fraction of sp³-hybridized carbons (Fsp3) is 0.294. The van der Waals surface area contributed by atoms with Gasteiger partial charge in [0, 0.05) is 17.7 Å². The minimum absolute atomic E-state index is 1.06. The highest BCUT2D eigenvalue weighted by Gasteiger charge is 2.20. The second-order valence-electron chi connectivity index (χ2n) is 5.56. The molecule has 0 radical (unpaired) electrons. The number of hydrogen-bond donors (Lipinski definition) is 1. The number of halogens is 1. The molecule has 0 amide bonds. The van der Waals surface area contributed by atoms with E-state index in [1.165, 1.54) is 41.7 Å². The molecule has 0 saturated heterocycles. The lowest BCUT2D eigenvalue weighted by Gasteiger charge is -2.10. The summed E-state index contributed by atoms with van der Waals surface area (Å²) >= 11 is 7.46. The van der Waals surface area contributed by atoms with Gasteiger partial charge in [-0.25, -0.2) is 0 Å². The summed E-state index contributed by atoms with van der Waals surface area (Å²) in [5.74, 6) is 1.06. The van der Waals surface area contributed by atoms with Gasteiger partial charge >= 0.3 is 0 Å². The monoisotopic (exact) mass is 380 g/mol. The second-order valence-corrected chi connectivity index (χ2v) is 9.24. The van der Waals surface area contributed by atoms with Gasteiger partial charge in [-0.15, -0.1) is 23.1 Å². The molecule has 1 aliphatic heterocycles. The Balaban J connectivity index is 2.06. The predicted molar refractivity (Wildman–Crippen MR) is 97.4 cm³/mol. The molecule has 1 aliphatic rings. The van der Waals surface area contributed by atoms with E-state index in [2.05, 4.69) is 66.4 Å². The van der Waals surface area contributed by atoms with Crippen LogP contribution in [0, 0.1) is 0 Å². The molecule has 0 bridgehead atoms. The number of thiophene rings is 1. The van der Waals surface area contributed by atoms with Gasteiger partial charge in [-0.05, 0) is 38.7 Å². The zero-order valence-electron chi connectivity index (χ0n) is 12.3. The van der Waals surface area contributed by atoms with Crippen LogP contribution in [0.4, 0.5) is 0 Å². The zero-order chi connectivity index (χ0) is 14.8. The lowest BCUT2D eigenvalue weighted by molar-refractivity contribution is -0.857. The molecule has 0 aliphatic carbocycles. The fourth-order valence-electron chi connectivity index (χ4n) is 2.56. The average Bonchev–Trinajstić information content (AvgIpc) is 2.76. The first-order chi connectivity index (χ1) is 10.1. The predicted octanol–water partition coefficient (Wildman–Crippen LogP) is 4.08. The molecule has 0 fully saturated rings. The van der Waals surface area contributed by atoms with Crippen LogP contribution in [-0.2, 0) is 5.75 Å². The van der Waals surface area contributed by atoms with Crippen molar-refractivity contribution in [3.63, 3.8) is 0 Å². The van der Waals surface area contributed by atoms with Crippen molar-refractivity contribution >= 4 is 44.6 Å². The van der Waals surface area contributed by atoms with E-state index in [-0.39, 0.29) is 0 Å². The minimum Gasteiger partial charge on any atom is -0.340 e. The van der Waals surface area contributed by atoms with Crippen LogP contribution >= 0.6 is 39.0 Å². The summed E-state index contributed by atoms with van der Waals surface area (Å²) in [4.78, 5) is 1.50. The minimum atomic E-state index is 1.06. The van der Waals surface area contributed by atoms with Gasteiger partial charge in [0.15, 0.2) is 0 Å². The van der Waals surface area contributed by atoms with E-state index in [0.29, 0.717) is 0 Å². The first kappa shape index (κ1) is 15.3. The molecule has 0 atom stereocenters. The maximum Gasteiger partial charge on any atom is 0.0802 e. The number of fused-ring (bicyclic) bond motifs is 2. The summed E-state index contributed by atoms with van der Waals surface area (Å²) < 4.78 is 2.66. The summed E-state index contributed by atoms with van der Waals surface area (Å²) in [5, 5.41) is 0. The maximum absolute atomic E-state index is 3.65. The van der Waals surface area contributed by atoms with Crippen LogP contribution < -0.4 is 4.90 Å². The largest absolute Gasteiger partial charge is 0.340 e. The Kier molecular flexibility index (Phi) is 4.89. The lowest BCUT2D eigenvalue weighted by Crippen LogP contribution is -3.05. The molecular weight excluding hydrogens is 362 g/mol. The number of thioether (sulfide) groups is 1. The molecule has 4 heteroatoms. The van der Waals surface area contributed by atoms with Gasteiger partial charge in [-0.2, -0.15) is 0 Å². The van der Waals surface area contributed by atoms with Gasteiger partial charge in [-0.3, -0.25) is 0 Å². The molecule has 1 N–H and O–H groups in total. The van der Waals surface area contributed by atoms with E-state index < -0.39 is 0 Å². The van der Waals surface area contributed by atoms with Gasteiger partial charge in [-0.1, -0.05) is 30.3 Å². The van der Waals surface area contributed by atoms with Gasteiger partial charge < -0.3 is 4.90 Å². The molecule has 1 aromatic heterocycles. The normalized spacial score (nSPS) is 15.9. The van der Waals surface area contributed by atoms with Crippen molar-refractivity contribution in [3.05, 3.63) is 56.9 Å². The van der Waals surface area contributed by atoms with Crippen LogP contribution in [0.3, 0.4) is 0 Å². The van der Waals surface area contributed by atoms with Crippen LogP contribution in [0.15, 0.2) is 44.4 Å². The van der Waals surface area contributed by atoms with Crippen molar-refractivity contribution in [2.45, 2.75) is 16.4 Å². The van der Waals surface area contributed by atoms with E-state index >= 15 is 0 Å². The van der Waals surface area contributed by atoms with Crippen molar-refractivity contribution in [1.82, 2.24) is 0 Å². The molecule has 0 spiro atoms. The number of benzene rings is 1. The Hall–Kier alpha value is -0.550. The smallest absolute Gasteiger partial charge is 0.0802 e. The summed E-state index contributed by atoms with van der Waals surface area (Å²) in [5.41, 5.74) is 5.66. The zero-order valence-corrected chi connectivity index (χ0v) is 15.5. The van der Waals surface area contributed by atoms with Crippen LogP contribution in [0.1, 0.15) is 23.1 Å². The van der Waals surface area contributed by atoms with E-state index in [1.807, 2.05) is 23.1 Å². The number of hydrogen-bond acceptors (Lipinski definition) is 2. The molecule has 3 rings (SSSR count). The molecule has 21 heavy (non-hydrogen) atoms. The number of quaternary nitrogens is 1. The third-order valence-corrected chi connectivity index (χ3v) is 6.59. The third kappa shape index (κ3) is 3.45. The highest BCUT2D eigenvalue weighted by Crippen LogP contribution is 2.45. The quantitative estimate of drug-likeness (QED) is 0.840. The van der Waals surface area contributed by atoms with E-state index in [9.17, 15) is 0 Å². The van der Waals surface area contributed by atoms with Crippen LogP contribution in [-0.4, -0.2) is 20.6 Å². The Morgan fingerprint density at radius 3 is 2.86 bits per heavy atom. The molecule has 0 unspecified atom stereocenters. The Labute approximate surface area is 143 Å². The summed E-state index contributed by atoms with van der Waals surface area (Å²) in [6.45, 7) is 1.17. The molecular formula is C17H19BrNS2+. The highest BCUT2D eigenvalue weighted by atomic mass is 79.9. The highest BCUT2D eigenvalue weighted by molar-refractivity contribution is 9.11. The fourth-order valence-corrected chi connectivity index (χ4v) is 5.78. The van der Waals surface area contributed by atoms with Crippen molar-refractivity contribution in [1.29, 1.82) is 0 Å². The average molecular weight is 381 g/mol. The maximum atomic E-state index is 3.65. The topological polar surface area (TPSA) is 4.44 Å². The van der Waals surface area contributed by atoms with Gasteiger partial charge in [0.05, 0.1) is 28.6 Å². The molecule has 0 saturated carbocycles. The van der Waals surface area contributed by atoms with Crippen molar-refractivity contribution < 1.29 is 4.90 Å². The number of nitrogens with one attached hydrogen (secondary N) is 1. The first-order valence-electron chi connectivity index (χ1n) is 7.15. The van der Waals surface area contributed by atoms with E-state index in [0.717, 1.165) is 12.2 Å². The summed E-state index contributed by atoms with van der Waals surface area (Å²) in [6, 6.07) is 11.1. The van der Waals surface area contributed by atoms with Crippen molar-refractivity contribution in [2.75, 3.05) is 20.6 Å². The Bertz CT molecular complexity index is 673. The third-order valence-electron chi connectivity index (χ3n) is 3.62.